The van der Waals surface area contributed by atoms with Gasteiger partial charge in [-0.25, -0.2) is 0 Å². The van der Waals surface area contributed by atoms with Gasteiger partial charge in [0.05, 0.1) is 12.7 Å². The molecule has 2 heterocycles. The number of benzene rings is 3. The van der Waals surface area contributed by atoms with Gasteiger partial charge in [-0.15, -0.1) is 0 Å². The van der Waals surface area contributed by atoms with Crippen molar-refractivity contribution in [2.45, 2.75) is 30.2 Å². The van der Waals surface area contributed by atoms with Gasteiger partial charge in [-0.3, -0.25) is 4.79 Å². The second-order valence-electron chi connectivity index (χ2n) is 9.78. The minimum atomic E-state index is -0.697. The lowest BCUT2D eigenvalue weighted by molar-refractivity contribution is -0.132. The number of likely N-dealkylation sites (tertiary alicyclic amines) is 1. The van der Waals surface area contributed by atoms with E-state index in [4.69, 9.17) is 0 Å². The molecule has 0 bridgehead atoms. The van der Waals surface area contributed by atoms with Crippen molar-refractivity contribution in [3.63, 3.8) is 0 Å². The Balaban J connectivity index is 1.34. The minimum Gasteiger partial charge on any atom is -0.339 e. The van der Waals surface area contributed by atoms with Crippen LogP contribution in [-0.4, -0.2) is 54.6 Å². The molecule has 5 heteroatoms. The first-order valence-electron chi connectivity index (χ1n) is 12.4. The number of nitriles is 1. The molecule has 2 aliphatic heterocycles. The third-order valence-corrected chi connectivity index (χ3v) is 7.89. The van der Waals surface area contributed by atoms with E-state index in [1.54, 1.807) is 0 Å². The molecule has 3 aromatic rings. The molecule has 0 aromatic heterocycles. The monoisotopic (exact) mass is 464 g/mol. The second kappa shape index (κ2) is 9.56. The van der Waals surface area contributed by atoms with Gasteiger partial charge in [-0.2, -0.15) is 5.26 Å². The maximum atomic E-state index is 13.3. The Morgan fingerprint density at radius 3 is 1.89 bits per heavy atom. The Kier molecular flexibility index (Phi) is 6.32. The van der Waals surface area contributed by atoms with Gasteiger partial charge in [-0.05, 0) is 42.5 Å². The van der Waals surface area contributed by atoms with Gasteiger partial charge in [0.25, 0.3) is 0 Å². The third-order valence-electron chi connectivity index (χ3n) is 7.89. The fourth-order valence-corrected chi connectivity index (χ4v) is 5.86. The number of amides is 1. The number of piperidine rings is 1. The number of nitrogens with zero attached hydrogens (tertiary/aromatic N) is 4. The number of carbonyl (C=O) groups is 1. The second-order valence-corrected chi connectivity index (χ2v) is 9.78. The first-order chi connectivity index (χ1) is 17.1. The van der Waals surface area contributed by atoms with Crippen LogP contribution in [0.3, 0.4) is 0 Å². The molecule has 5 rings (SSSR count). The normalized spacial score (nSPS) is 18.1. The van der Waals surface area contributed by atoms with Crippen molar-refractivity contribution in [3.05, 3.63) is 102 Å². The van der Waals surface area contributed by atoms with Crippen molar-refractivity contribution in [2.24, 2.45) is 0 Å². The van der Waals surface area contributed by atoms with Gasteiger partial charge in [0.2, 0.25) is 5.91 Å². The highest BCUT2D eigenvalue weighted by Crippen LogP contribution is 2.40. The maximum Gasteiger partial charge on any atom is 0.249 e. The van der Waals surface area contributed by atoms with E-state index in [9.17, 15) is 10.1 Å². The minimum absolute atomic E-state index is 0.223. The quantitative estimate of drug-likeness (QED) is 0.533. The van der Waals surface area contributed by atoms with Crippen molar-refractivity contribution in [3.8, 4) is 6.07 Å². The Bertz CT molecular complexity index is 1140. The van der Waals surface area contributed by atoms with E-state index in [1.165, 1.54) is 0 Å². The van der Waals surface area contributed by atoms with E-state index in [0.717, 1.165) is 49.3 Å². The first-order valence-corrected chi connectivity index (χ1v) is 12.4. The van der Waals surface area contributed by atoms with E-state index in [-0.39, 0.29) is 5.91 Å². The Hall–Kier alpha value is -3.62. The van der Waals surface area contributed by atoms with Crippen molar-refractivity contribution < 1.29 is 4.79 Å². The average molecular weight is 465 g/mol. The molecular formula is C30H32N4O. The van der Waals surface area contributed by atoms with E-state index >= 15 is 0 Å². The van der Waals surface area contributed by atoms with Crippen molar-refractivity contribution in [1.82, 2.24) is 9.80 Å². The van der Waals surface area contributed by atoms with Crippen molar-refractivity contribution in [1.29, 1.82) is 5.26 Å². The van der Waals surface area contributed by atoms with Crippen molar-refractivity contribution >= 4 is 11.6 Å². The number of likely N-dealkylation sites (N-methyl/N-ethyl adjacent to an activating group) is 1. The zero-order valence-electron chi connectivity index (χ0n) is 20.3. The van der Waals surface area contributed by atoms with Gasteiger partial charge in [0, 0.05) is 32.4 Å². The van der Waals surface area contributed by atoms with Gasteiger partial charge in [0.1, 0.15) is 11.0 Å². The number of hydrogen-bond donors (Lipinski definition) is 0. The summed E-state index contributed by atoms with van der Waals surface area (Å²) in [6.45, 7) is 3.12. The lowest BCUT2D eigenvalue weighted by Crippen LogP contribution is -2.56. The standard InChI is InChI=1S/C30H32N4O/c1-32-24-34(27-15-9-4-10-16-27)30(28(32)35)18-21-33(22-19-30)20-17-29(23-31,25-11-5-2-6-12-25)26-13-7-3-8-14-26/h2-16H,17-22,24H2,1H3. The Labute approximate surface area is 208 Å². The molecule has 1 spiro atoms. The molecule has 35 heavy (non-hydrogen) atoms. The predicted octanol–water partition coefficient (Wildman–Crippen LogP) is 4.66. The van der Waals surface area contributed by atoms with Crippen LogP contribution in [0.15, 0.2) is 91.0 Å². The summed E-state index contributed by atoms with van der Waals surface area (Å²) in [4.78, 5) is 19.9. The van der Waals surface area contributed by atoms with Crippen LogP contribution < -0.4 is 4.90 Å². The summed E-state index contributed by atoms with van der Waals surface area (Å²) in [5.74, 6) is 0.223. The molecule has 3 aromatic carbocycles. The first kappa shape index (κ1) is 23.1. The van der Waals surface area contributed by atoms with Crippen LogP contribution in [0.1, 0.15) is 30.4 Å². The van der Waals surface area contributed by atoms with Gasteiger partial charge >= 0.3 is 0 Å². The molecule has 2 aliphatic rings. The number of para-hydroxylation sites is 1. The maximum absolute atomic E-state index is 13.3. The van der Waals surface area contributed by atoms with Crippen LogP contribution in [0.2, 0.25) is 0 Å². The predicted molar refractivity (Wildman–Crippen MR) is 139 cm³/mol. The van der Waals surface area contributed by atoms with Crippen LogP contribution in [-0.2, 0) is 10.2 Å². The molecular weight excluding hydrogens is 432 g/mol. The smallest absolute Gasteiger partial charge is 0.249 e. The number of carbonyl (C=O) groups excluding carboxylic acids is 1. The van der Waals surface area contributed by atoms with Crippen LogP contribution >= 0.6 is 0 Å². The number of rotatable bonds is 6. The fraction of sp³-hybridized carbons (Fsp3) is 0.333. The SMILES string of the molecule is CN1CN(c2ccccc2)C2(CCN(CCC(C#N)(c3ccccc3)c3ccccc3)CC2)C1=O. The van der Waals surface area contributed by atoms with Gasteiger partial charge in [-0.1, -0.05) is 78.9 Å². The molecule has 0 radical (unpaired) electrons. The molecule has 0 saturated carbocycles. The van der Waals surface area contributed by atoms with Crippen molar-refractivity contribution in [2.75, 3.05) is 38.3 Å². The molecule has 178 valence electrons. The fourth-order valence-electron chi connectivity index (χ4n) is 5.86. The highest BCUT2D eigenvalue weighted by molar-refractivity contribution is 5.93. The molecule has 0 N–H and O–H groups in total. The summed E-state index contributed by atoms with van der Waals surface area (Å²) in [5.41, 5.74) is 2.00. The van der Waals surface area contributed by atoms with Crippen LogP contribution in [0.4, 0.5) is 5.69 Å². The number of hydrogen-bond acceptors (Lipinski definition) is 4. The molecule has 0 unspecified atom stereocenters. The summed E-state index contributed by atoms with van der Waals surface area (Å²) < 4.78 is 0. The lowest BCUT2D eigenvalue weighted by Gasteiger charge is -2.44. The molecule has 5 nitrogen and oxygen atoms in total. The van der Waals surface area contributed by atoms with E-state index in [2.05, 4.69) is 52.3 Å². The Morgan fingerprint density at radius 1 is 0.857 bits per heavy atom. The summed E-state index contributed by atoms with van der Waals surface area (Å²) in [6.07, 6.45) is 2.30. The molecule has 1 amide bonds. The van der Waals surface area contributed by atoms with E-state index in [1.807, 2.05) is 66.5 Å². The summed E-state index contributed by atoms with van der Waals surface area (Å²) in [6, 6.07) is 33.2. The van der Waals surface area contributed by atoms with E-state index < -0.39 is 11.0 Å². The van der Waals surface area contributed by atoms with Crippen LogP contribution in [0.25, 0.3) is 0 Å². The molecule has 0 aliphatic carbocycles. The van der Waals surface area contributed by atoms with E-state index in [0.29, 0.717) is 13.1 Å². The van der Waals surface area contributed by atoms with Crippen LogP contribution in [0, 0.1) is 11.3 Å². The topological polar surface area (TPSA) is 50.6 Å². The zero-order chi connectivity index (χ0) is 24.3. The molecule has 2 fully saturated rings. The summed E-state index contributed by atoms with van der Waals surface area (Å²) >= 11 is 0. The highest BCUT2D eigenvalue weighted by Gasteiger charge is 2.52. The summed E-state index contributed by atoms with van der Waals surface area (Å²) in [7, 11) is 1.90. The third kappa shape index (κ3) is 4.09. The van der Waals surface area contributed by atoms with Gasteiger partial charge in [0.15, 0.2) is 0 Å². The highest BCUT2D eigenvalue weighted by atomic mass is 16.2. The van der Waals surface area contributed by atoms with Crippen LogP contribution in [0.5, 0.6) is 0 Å². The lowest BCUT2D eigenvalue weighted by atomic mass is 9.73. The summed E-state index contributed by atoms with van der Waals surface area (Å²) in [5, 5.41) is 10.5. The Morgan fingerprint density at radius 2 is 1.37 bits per heavy atom. The average Bonchev–Trinajstić information content (AvgIpc) is 3.17. The largest absolute Gasteiger partial charge is 0.339 e. The zero-order valence-corrected chi connectivity index (χ0v) is 20.3. The van der Waals surface area contributed by atoms with Gasteiger partial charge < -0.3 is 14.7 Å². The molecule has 0 atom stereocenters. The number of anilines is 1. The molecule has 2 saturated heterocycles.